The van der Waals surface area contributed by atoms with Crippen molar-refractivity contribution >= 4 is 5.69 Å². The van der Waals surface area contributed by atoms with E-state index in [-0.39, 0.29) is 0 Å². The number of nitro groups is 1. The average molecular weight is 235 g/mol. The molecule has 0 atom stereocenters. The monoisotopic (exact) mass is 235 g/mol. The van der Waals surface area contributed by atoms with Gasteiger partial charge >= 0.3 is 0 Å². The van der Waals surface area contributed by atoms with Crippen molar-refractivity contribution in [3.05, 3.63) is 39.7 Å². The summed E-state index contributed by atoms with van der Waals surface area (Å²) in [4.78, 5) is 9.45. The summed E-state index contributed by atoms with van der Waals surface area (Å²) in [6.45, 7) is -0.838. The van der Waals surface area contributed by atoms with Gasteiger partial charge in [0, 0.05) is 25.2 Å². The summed E-state index contributed by atoms with van der Waals surface area (Å²) in [5.41, 5.74) is -1.69. The minimum Gasteiger partial charge on any atom is -0.396 e. The Balaban J connectivity index is 3.21. The van der Waals surface area contributed by atoms with Crippen LogP contribution in [-0.4, -0.2) is 16.6 Å². The Bertz CT molecular complexity index is 409. The predicted octanol–water partition coefficient (Wildman–Crippen LogP) is 2.21. The lowest BCUT2D eigenvalue weighted by atomic mass is 10.0. The summed E-state index contributed by atoms with van der Waals surface area (Å²) in [7, 11) is 0. The molecule has 0 saturated heterocycles. The van der Waals surface area contributed by atoms with E-state index in [1.54, 1.807) is 0 Å². The van der Waals surface area contributed by atoms with Gasteiger partial charge in [0.15, 0.2) is 0 Å². The Morgan fingerprint density at radius 1 is 1.44 bits per heavy atom. The zero-order valence-corrected chi connectivity index (χ0v) is 7.99. The Morgan fingerprint density at radius 2 is 2.06 bits per heavy atom. The van der Waals surface area contributed by atoms with Crippen LogP contribution in [0.25, 0.3) is 0 Å². The van der Waals surface area contributed by atoms with Gasteiger partial charge in [-0.15, -0.1) is 0 Å². The maximum atomic E-state index is 13.2. The standard InChI is InChI=1S/C9H8F3NO3/c10-8-2-1-6(13(15)16)5-7(8)9(11,12)3-4-14/h1-2,5,14H,3-4H2. The van der Waals surface area contributed by atoms with E-state index in [2.05, 4.69) is 0 Å². The molecule has 0 spiro atoms. The van der Waals surface area contributed by atoms with E-state index in [9.17, 15) is 23.3 Å². The van der Waals surface area contributed by atoms with Crippen LogP contribution in [0.15, 0.2) is 18.2 Å². The van der Waals surface area contributed by atoms with Crippen molar-refractivity contribution in [2.24, 2.45) is 0 Å². The summed E-state index contributed by atoms with van der Waals surface area (Å²) in [5, 5.41) is 18.7. The van der Waals surface area contributed by atoms with Gasteiger partial charge in [0.05, 0.1) is 10.5 Å². The zero-order chi connectivity index (χ0) is 12.3. The van der Waals surface area contributed by atoms with E-state index in [1.807, 2.05) is 0 Å². The fourth-order valence-electron chi connectivity index (χ4n) is 1.18. The summed E-state index contributed by atoms with van der Waals surface area (Å²) < 4.78 is 39.5. The number of benzene rings is 1. The van der Waals surface area contributed by atoms with Gasteiger partial charge in [-0.05, 0) is 6.07 Å². The van der Waals surface area contributed by atoms with Gasteiger partial charge < -0.3 is 5.11 Å². The van der Waals surface area contributed by atoms with Gasteiger partial charge in [0.2, 0.25) is 0 Å². The lowest BCUT2D eigenvalue weighted by molar-refractivity contribution is -0.385. The number of aliphatic hydroxyl groups excluding tert-OH is 1. The molecule has 1 aromatic rings. The quantitative estimate of drug-likeness (QED) is 0.642. The number of alkyl halides is 2. The first-order valence-electron chi connectivity index (χ1n) is 4.31. The van der Waals surface area contributed by atoms with E-state index in [0.29, 0.717) is 12.1 Å². The average Bonchev–Trinajstić information content (AvgIpc) is 2.17. The molecule has 0 fully saturated rings. The number of nitro benzene ring substituents is 1. The Hall–Kier alpha value is -1.63. The molecule has 1 rings (SSSR count). The van der Waals surface area contributed by atoms with Gasteiger partial charge in [-0.25, -0.2) is 13.2 Å². The minimum atomic E-state index is -3.62. The van der Waals surface area contributed by atoms with Crippen molar-refractivity contribution < 1.29 is 23.2 Å². The molecule has 88 valence electrons. The smallest absolute Gasteiger partial charge is 0.278 e. The van der Waals surface area contributed by atoms with E-state index in [0.717, 1.165) is 6.07 Å². The summed E-state index contributed by atoms with van der Waals surface area (Å²) in [6.07, 6.45) is -0.981. The molecule has 0 heterocycles. The molecule has 1 aromatic carbocycles. The fourth-order valence-corrected chi connectivity index (χ4v) is 1.18. The highest BCUT2D eigenvalue weighted by Gasteiger charge is 2.35. The van der Waals surface area contributed by atoms with E-state index >= 15 is 0 Å². The van der Waals surface area contributed by atoms with Crippen LogP contribution in [-0.2, 0) is 5.92 Å². The number of non-ortho nitro benzene ring substituents is 1. The highest BCUT2D eigenvalue weighted by Crippen LogP contribution is 2.34. The Labute approximate surface area is 88.5 Å². The lowest BCUT2D eigenvalue weighted by Gasteiger charge is -2.15. The first-order valence-corrected chi connectivity index (χ1v) is 4.31. The maximum absolute atomic E-state index is 13.2. The Morgan fingerprint density at radius 3 is 2.56 bits per heavy atom. The van der Waals surface area contributed by atoms with Gasteiger partial charge in [0.25, 0.3) is 11.6 Å². The van der Waals surface area contributed by atoms with Crippen LogP contribution in [0.5, 0.6) is 0 Å². The van der Waals surface area contributed by atoms with Crippen LogP contribution in [0.3, 0.4) is 0 Å². The second-order valence-electron chi connectivity index (χ2n) is 3.10. The number of aliphatic hydroxyl groups is 1. The molecule has 16 heavy (non-hydrogen) atoms. The third kappa shape index (κ3) is 2.48. The molecule has 0 amide bonds. The van der Waals surface area contributed by atoms with Crippen LogP contribution in [0.4, 0.5) is 18.9 Å². The van der Waals surface area contributed by atoms with Crippen LogP contribution in [0.2, 0.25) is 0 Å². The molecule has 0 bridgehead atoms. The van der Waals surface area contributed by atoms with Gasteiger partial charge in [-0.1, -0.05) is 0 Å². The first kappa shape index (κ1) is 12.4. The van der Waals surface area contributed by atoms with Crippen molar-refractivity contribution in [1.29, 1.82) is 0 Å². The third-order valence-corrected chi connectivity index (χ3v) is 1.98. The third-order valence-electron chi connectivity index (χ3n) is 1.98. The van der Waals surface area contributed by atoms with Crippen molar-refractivity contribution in [3.8, 4) is 0 Å². The fraction of sp³-hybridized carbons (Fsp3) is 0.333. The van der Waals surface area contributed by atoms with E-state index in [1.165, 1.54) is 0 Å². The van der Waals surface area contributed by atoms with Crippen LogP contribution >= 0.6 is 0 Å². The lowest BCUT2D eigenvalue weighted by Crippen LogP contribution is -2.17. The molecule has 0 aliphatic rings. The highest BCUT2D eigenvalue weighted by atomic mass is 19.3. The summed E-state index contributed by atoms with van der Waals surface area (Å²) >= 11 is 0. The predicted molar refractivity (Wildman–Crippen MR) is 48.7 cm³/mol. The minimum absolute atomic E-state index is 0.477. The molecular formula is C9H8F3NO3. The SMILES string of the molecule is O=[N+]([O-])c1ccc(F)c(C(F)(F)CCO)c1. The number of halogens is 3. The highest BCUT2D eigenvalue weighted by molar-refractivity contribution is 5.37. The maximum Gasteiger partial charge on any atom is 0.278 e. The van der Waals surface area contributed by atoms with Crippen molar-refractivity contribution in [1.82, 2.24) is 0 Å². The summed E-state index contributed by atoms with van der Waals surface area (Å²) in [6, 6.07) is 1.89. The van der Waals surface area contributed by atoms with Gasteiger partial charge in [0.1, 0.15) is 5.82 Å². The van der Waals surface area contributed by atoms with E-state index in [4.69, 9.17) is 5.11 Å². The Kier molecular flexibility index (Phi) is 3.48. The van der Waals surface area contributed by atoms with Crippen molar-refractivity contribution in [3.63, 3.8) is 0 Å². The molecule has 0 radical (unpaired) electrons. The number of hydrogen-bond donors (Lipinski definition) is 1. The molecular weight excluding hydrogens is 227 g/mol. The normalized spacial score (nSPS) is 11.5. The number of hydrogen-bond acceptors (Lipinski definition) is 3. The molecule has 0 aromatic heterocycles. The van der Waals surface area contributed by atoms with Crippen LogP contribution in [0, 0.1) is 15.9 Å². The molecule has 0 saturated carbocycles. The zero-order valence-electron chi connectivity index (χ0n) is 7.99. The van der Waals surface area contributed by atoms with E-state index < -0.39 is 40.9 Å². The second-order valence-corrected chi connectivity index (χ2v) is 3.10. The van der Waals surface area contributed by atoms with Crippen LogP contribution < -0.4 is 0 Å². The summed E-state index contributed by atoms with van der Waals surface area (Å²) in [5.74, 6) is -4.85. The number of nitrogens with zero attached hydrogens (tertiary/aromatic N) is 1. The molecule has 0 aliphatic carbocycles. The van der Waals surface area contributed by atoms with Gasteiger partial charge in [-0.3, -0.25) is 10.1 Å². The molecule has 0 unspecified atom stereocenters. The van der Waals surface area contributed by atoms with Crippen LogP contribution in [0.1, 0.15) is 12.0 Å². The molecule has 4 nitrogen and oxygen atoms in total. The van der Waals surface area contributed by atoms with Gasteiger partial charge in [-0.2, -0.15) is 0 Å². The number of rotatable bonds is 4. The van der Waals surface area contributed by atoms with Crippen molar-refractivity contribution in [2.75, 3.05) is 6.61 Å². The molecule has 0 aliphatic heterocycles. The second kappa shape index (κ2) is 4.48. The first-order chi connectivity index (χ1) is 7.38. The topological polar surface area (TPSA) is 63.4 Å². The largest absolute Gasteiger partial charge is 0.396 e. The molecule has 7 heteroatoms. The molecule has 1 N–H and O–H groups in total. The van der Waals surface area contributed by atoms with Crippen molar-refractivity contribution in [2.45, 2.75) is 12.3 Å².